The van der Waals surface area contributed by atoms with Gasteiger partial charge in [-0.25, -0.2) is 9.97 Å². The molecule has 3 N–H and O–H groups in total. The van der Waals surface area contributed by atoms with Gasteiger partial charge in [0.05, 0.1) is 31.5 Å². The molecule has 0 aliphatic rings. The Labute approximate surface area is 213 Å². The normalized spacial score (nSPS) is 11.4. The first-order chi connectivity index (χ1) is 17.9. The molecule has 3 aromatic carbocycles. The van der Waals surface area contributed by atoms with Gasteiger partial charge in [0.15, 0.2) is 17.1 Å². The maximum absolute atomic E-state index is 13.5. The van der Waals surface area contributed by atoms with Gasteiger partial charge in [0.2, 0.25) is 0 Å². The second-order valence-corrected chi connectivity index (χ2v) is 8.54. The summed E-state index contributed by atoms with van der Waals surface area (Å²) in [7, 11) is 3.12. The lowest BCUT2D eigenvalue weighted by atomic mass is 10.1. The van der Waals surface area contributed by atoms with Gasteiger partial charge < -0.3 is 20.5 Å². The van der Waals surface area contributed by atoms with Crippen molar-refractivity contribution >= 4 is 45.8 Å². The van der Waals surface area contributed by atoms with Crippen LogP contribution in [0.2, 0.25) is 0 Å². The molecule has 0 aliphatic carbocycles. The number of carbonyl (C=O) groups is 1. The van der Waals surface area contributed by atoms with Crippen molar-refractivity contribution in [3.63, 3.8) is 0 Å². The van der Waals surface area contributed by atoms with Crippen LogP contribution in [0.25, 0.3) is 22.2 Å². The van der Waals surface area contributed by atoms with Crippen molar-refractivity contribution in [2.75, 3.05) is 25.3 Å². The van der Waals surface area contributed by atoms with E-state index in [4.69, 9.17) is 25.2 Å². The molecule has 2 heterocycles. The van der Waals surface area contributed by atoms with Crippen LogP contribution in [0.5, 0.6) is 11.5 Å². The molecule has 0 unspecified atom stereocenters. The van der Waals surface area contributed by atoms with Gasteiger partial charge in [0.1, 0.15) is 16.9 Å². The van der Waals surface area contributed by atoms with Crippen molar-refractivity contribution in [2.45, 2.75) is 13.8 Å². The minimum absolute atomic E-state index is 0.116. The molecule has 0 aliphatic heterocycles. The number of methoxy groups -OCH3 is 2. The molecule has 0 saturated carbocycles. The van der Waals surface area contributed by atoms with E-state index in [0.29, 0.717) is 44.9 Å². The predicted molar refractivity (Wildman–Crippen MR) is 146 cm³/mol. The number of rotatable bonds is 6. The Morgan fingerprint density at radius 1 is 0.973 bits per heavy atom. The number of nitrogens with one attached hydrogen (secondary N) is 1. The third-order valence-corrected chi connectivity index (χ3v) is 6.21. The van der Waals surface area contributed by atoms with Gasteiger partial charge in [-0.2, -0.15) is 9.78 Å². The topological polar surface area (TPSA) is 117 Å². The van der Waals surface area contributed by atoms with Gasteiger partial charge >= 0.3 is 0 Å². The lowest BCUT2D eigenvalue weighted by molar-refractivity contribution is 0.102. The van der Waals surface area contributed by atoms with Gasteiger partial charge in [0.25, 0.3) is 5.91 Å². The van der Waals surface area contributed by atoms with E-state index in [1.54, 1.807) is 26.5 Å². The first-order valence-electron chi connectivity index (χ1n) is 11.6. The first kappa shape index (κ1) is 23.8. The number of fused-ring (bicyclic) bond motifs is 2. The summed E-state index contributed by atoms with van der Waals surface area (Å²) in [6.45, 7) is 4.01. The molecule has 0 radical (unpaired) electrons. The minimum atomic E-state index is -0.400. The summed E-state index contributed by atoms with van der Waals surface area (Å²) < 4.78 is 12.3. The fourth-order valence-electron chi connectivity index (χ4n) is 4.13. The molecule has 37 heavy (non-hydrogen) atoms. The monoisotopic (exact) mass is 494 g/mol. The Morgan fingerprint density at radius 3 is 2.43 bits per heavy atom. The molecule has 2 aromatic heterocycles. The van der Waals surface area contributed by atoms with Crippen LogP contribution >= 0.6 is 0 Å². The molecule has 0 bridgehead atoms. The standard InChI is InChI=1S/C28H26N6O3/c1-16-12-13-19(14-17(16)2)31-28(35)23-24-27(33-21-10-6-5-9-20(21)32-24)34(26(23)29)30-15-18-8-7-11-22(36-3)25(18)37-4/h5-15H,29H2,1-4H3,(H,31,35)/b30-15-. The van der Waals surface area contributed by atoms with E-state index in [0.717, 1.165) is 11.1 Å². The summed E-state index contributed by atoms with van der Waals surface area (Å²) in [5.74, 6) is 0.803. The van der Waals surface area contributed by atoms with Gasteiger partial charge in [0, 0.05) is 11.3 Å². The second kappa shape index (κ2) is 9.62. The maximum Gasteiger partial charge on any atom is 0.261 e. The van der Waals surface area contributed by atoms with E-state index in [1.807, 2.05) is 68.4 Å². The smallest absolute Gasteiger partial charge is 0.261 e. The molecule has 186 valence electrons. The van der Waals surface area contributed by atoms with Crippen molar-refractivity contribution in [1.29, 1.82) is 0 Å². The zero-order chi connectivity index (χ0) is 26.1. The molecule has 1 amide bonds. The predicted octanol–water partition coefficient (Wildman–Crippen LogP) is 4.94. The highest BCUT2D eigenvalue weighted by molar-refractivity contribution is 6.16. The van der Waals surface area contributed by atoms with E-state index >= 15 is 0 Å². The molecule has 0 saturated heterocycles. The number of amides is 1. The number of aryl methyl sites for hydroxylation is 2. The van der Waals surface area contributed by atoms with Crippen molar-refractivity contribution in [3.05, 3.63) is 82.9 Å². The highest BCUT2D eigenvalue weighted by Crippen LogP contribution is 2.31. The molecule has 5 rings (SSSR count). The first-order valence-corrected chi connectivity index (χ1v) is 11.6. The molecule has 0 atom stereocenters. The SMILES string of the molecule is COc1cccc(/C=N\n2c(N)c(C(=O)Nc3ccc(C)c(C)c3)c3nc4ccccc4nc32)c1OC. The average molecular weight is 495 g/mol. The molecule has 9 nitrogen and oxygen atoms in total. The van der Waals surface area contributed by atoms with E-state index < -0.39 is 5.91 Å². The summed E-state index contributed by atoms with van der Waals surface area (Å²) in [5.41, 5.74) is 12.3. The van der Waals surface area contributed by atoms with Crippen molar-refractivity contribution in [2.24, 2.45) is 5.10 Å². The summed E-state index contributed by atoms with van der Waals surface area (Å²) in [4.78, 5) is 23.0. The third kappa shape index (κ3) is 4.31. The number of aromatic nitrogens is 3. The van der Waals surface area contributed by atoms with Crippen molar-refractivity contribution in [3.8, 4) is 11.5 Å². The van der Waals surface area contributed by atoms with Crippen LogP contribution in [-0.4, -0.2) is 41.0 Å². The summed E-state index contributed by atoms with van der Waals surface area (Å²) >= 11 is 0. The Morgan fingerprint density at radius 2 is 1.73 bits per heavy atom. The summed E-state index contributed by atoms with van der Waals surface area (Å²) in [6.07, 6.45) is 1.58. The highest BCUT2D eigenvalue weighted by Gasteiger charge is 2.24. The third-order valence-electron chi connectivity index (χ3n) is 6.21. The van der Waals surface area contributed by atoms with Crippen LogP contribution in [0.4, 0.5) is 11.5 Å². The number of hydrogen-bond acceptors (Lipinski definition) is 7. The number of nitrogens with two attached hydrogens (primary N) is 1. The average Bonchev–Trinajstić information content (AvgIpc) is 3.17. The van der Waals surface area contributed by atoms with E-state index in [-0.39, 0.29) is 11.4 Å². The molecular formula is C28H26N6O3. The number of carbonyl (C=O) groups excluding carboxylic acids is 1. The molecule has 9 heteroatoms. The zero-order valence-electron chi connectivity index (χ0n) is 20.9. The fraction of sp³-hybridized carbons (Fsp3) is 0.143. The minimum Gasteiger partial charge on any atom is -0.493 e. The van der Waals surface area contributed by atoms with Crippen LogP contribution in [0, 0.1) is 13.8 Å². The number of ether oxygens (including phenoxy) is 2. The Balaban J connectivity index is 1.66. The Hall–Kier alpha value is -4.92. The fourth-order valence-corrected chi connectivity index (χ4v) is 4.13. The van der Waals surface area contributed by atoms with Crippen LogP contribution in [0.15, 0.2) is 65.8 Å². The van der Waals surface area contributed by atoms with Crippen LogP contribution in [0.3, 0.4) is 0 Å². The number of benzene rings is 3. The van der Waals surface area contributed by atoms with Crippen molar-refractivity contribution < 1.29 is 14.3 Å². The summed E-state index contributed by atoms with van der Waals surface area (Å²) in [6, 6.07) is 18.6. The molecular weight excluding hydrogens is 468 g/mol. The van der Waals surface area contributed by atoms with Crippen molar-refractivity contribution in [1.82, 2.24) is 14.6 Å². The van der Waals surface area contributed by atoms with Gasteiger partial charge in [-0.15, -0.1) is 0 Å². The van der Waals surface area contributed by atoms with Gasteiger partial charge in [-0.05, 0) is 61.4 Å². The van der Waals surface area contributed by atoms with Crippen LogP contribution in [0.1, 0.15) is 27.0 Å². The quantitative estimate of drug-likeness (QED) is 0.323. The largest absolute Gasteiger partial charge is 0.493 e. The lowest BCUT2D eigenvalue weighted by Gasteiger charge is -2.09. The molecule has 0 fully saturated rings. The van der Waals surface area contributed by atoms with Gasteiger partial charge in [-0.1, -0.05) is 24.3 Å². The molecule has 0 spiro atoms. The number of nitrogens with zero attached hydrogens (tertiary/aromatic N) is 4. The van der Waals surface area contributed by atoms with Gasteiger partial charge in [-0.3, -0.25) is 4.79 Å². The number of nitrogen functional groups attached to an aromatic ring is 1. The Kier molecular flexibility index (Phi) is 6.19. The maximum atomic E-state index is 13.5. The lowest BCUT2D eigenvalue weighted by Crippen LogP contribution is -2.14. The highest BCUT2D eigenvalue weighted by atomic mass is 16.5. The Bertz CT molecular complexity index is 1690. The van der Waals surface area contributed by atoms with E-state index in [2.05, 4.69) is 10.4 Å². The van der Waals surface area contributed by atoms with Crippen LogP contribution in [-0.2, 0) is 0 Å². The number of para-hydroxylation sites is 3. The van der Waals surface area contributed by atoms with Crippen LogP contribution < -0.4 is 20.5 Å². The number of hydrogen-bond donors (Lipinski definition) is 2. The number of anilines is 2. The van der Waals surface area contributed by atoms with E-state index in [1.165, 1.54) is 4.68 Å². The molecule has 5 aromatic rings. The second-order valence-electron chi connectivity index (χ2n) is 8.54. The summed E-state index contributed by atoms with van der Waals surface area (Å²) in [5, 5.41) is 7.52. The zero-order valence-corrected chi connectivity index (χ0v) is 20.9. The van der Waals surface area contributed by atoms with E-state index in [9.17, 15) is 4.79 Å².